The fourth-order valence-electron chi connectivity index (χ4n) is 4.03. The summed E-state index contributed by atoms with van der Waals surface area (Å²) in [7, 11) is 0. The molecule has 12 heteroatoms. The molecule has 0 aromatic heterocycles. The SMILES string of the molecule is CCN1CCN(C(=O)[C@@H]2CC(=O)N[C@@H](CC(N)=O)C(=O)NCCOc3ccccc3C(=O)N2)CC1. The van der Waals surface area contributed by atoms with E-state index in [1.807, 2.05) is 6.92 Å². The van der Waals surface area contributed by atoms with Crippen LogP contribution in [0, 0.1) is 0 Å². The molecular formula is C23H32N6O6. The van der Waals surface area contributed by atoms with Gasteiger partial charge >= 0.3 is 0 Å². The van der Waals surface area contributed by atoms with Crippen LogP contribution in [0.1, 0.15) is 30.1 Å². The van der Waals surface area contributed by atoms with Crippen molar-refractivity contribution < 1.29 is 28.7 Å². The summed E-state index contributed by atoms with van der Waals surface area (Å²) < 4.78 is 5.67. The van der Waals surface area contributed by atoms with Crippen LogP contribution in [0.3, 0.4) is 0 Å². The minimum atomic E-state index is -1.21. The quantitative estimate of drug-likeness (QED) is 0.389. The number of fused-ring (bicyclic) bond motifs is 1. The van der Waals surface area contributed by atoms with Gasteiger partial charge in [0.05, 0.1) is 24.9 Å². The molecule has 0 bridgehead atoms. The second-order valence-corrected chi connectivity index (χ2v) is 8.42. The van der Waals surface area contributed by atoms with Gasteiger partial charge in [0, 0.05) is 26.2 Å². The summed E-state index contributed by atoms with van der Waals surface area (Å²) >= 11 is 0. The van der Waals surface area contributed by atoms with Crippen molar-refractivity contribution in [3.63, 3.8) is 0 Å². The highest BCUT2D eigenvalue weighted by atomic mass is 16.5. The molecule has 1 saturated heterocycles. The van der Waals surface area contributed by atoms with Gasteiger partial charge in [0.15, 0.2) is 0 Å². The molecule has 1 aromatic rings. The van der Waals surface area contributed by atoms with Crippen molar-refractivity contribution >= 4 is 29.5 Å². The molecule has 2 aliphatic rings. The lowest BCUT2D eigenvalue weighted by molar-refractivity contribution is -0.138. The maximum absolute atomic E-state index is 13.3. The first kappa shape index (κ1) is 25.9. The number of amides is 5. The zero-order valence-corrected chi connectivity index (χ0v) is 19.7. The van der Waals surface area contributed by atoms with Gasteiger partial charge in [0.1, 0.15) is 24.4 Å². The molecule has 0 unspecified atom stereocenters. The Bertz CT molecular complexity index is 962. The number of hydrogen-bond donors (Lipinski definition) is 4. The number of nitrogens with two attached hydrogens (primary N) is 1. The zero-order chi connectivity index (χ0) is 25.4. The summed E-state index contributed by atoms with van der Waals surface area (Å²) in [6, 6.07) is 4.12. The largest absolute Gasteiger partial charge is 0.491 e. The van der Waals surface area contributed by atoms with Gasteiger partial charge in [-0.15, -0.1) is 0 Å². The normalized spacial score (nSPS) is 22.5. The van der Waals surface area contributed by atoms with Gasteiger partial charge in [-0.05, 0) is 18.7 Å². The molecule has 1 fully saturated rings. The molecule has 2 heterocycles. The Hall–Kier alpha value is -3.67. The number of benzene rings is 1. The summed E-state index contributed by atoms with van der Waals surface area (Å²) in [4.78, 5) is 67.1. The molecule has 2 atom stereocenters. The van der Waals surface area contributed by atoms with E-state index in [1.54, 1.807) is 29.2 Å². The number of carbonyl (C=O) groups is 5. The fourth-order valence-corrected chi connectivity index (χ4v) is 4.03. The Morgan fingerprint density at radius 3 is 2.49 bits per heavy atom. The smallest absolute Gasteiger partial charge is 0.255 e. The van der Waals surface area contributed by atoms with Gasteiger partial charge < -0.3 is 36.2 Å². The van der Waals surface area contributed by atoms with Crippen LogP contribution in [0.5, 0.6) is 5.75 Å². The highest BCUT2D eigenvalue weighted by Gasteiger charge is 2.32. The summed E-state index contributed by atoms with van der Waals surface area (Å²) in [5.41, 5.74) is 5.45. The van der Waals surface area contributed by atoms with Gasteiger partial charge in [-0.25, -0.2) is 0 Å². The summed E-state index contributed by atoms with van der Waals surface area (Å²) in [6.07, 6.45) is -0.824. The molecule has 3 rings (SSSR count). The topological polar surface area (TPSA) is 163 Å². The number of para-hydroxylation sites is 1. The maximum Gasteiger partial charge on any atom is 0.255 e. The maximum atomic E-state index is 13.3. The molecule has 2 aliphatic heterocycles. The molecule has 5 N–H and O–H groups in total. The number of rotatable bonds is 4. The van der Waals surface area contributed by atoms with Crippen LogP contribution in [0.25, 0.3) is 0 Å². The van der Waals surface area contributed by atoms with Crippen molar-refractivity contribution in [2.24, 2.45) is 5.73 Å². The van der Waals surface area contributed by atoms with Crippen molar-refractivity contribution in [1.82, 2.24) is 25.8 Å². The number of nitrogens with one attached hydrogen (secondary N) is 3. The third kappa shape index (κ3) is 7.15. The minimum Gasteiger partial charge on any atom is -0.491 e. The molecule has 0 radical (unpaired) electrons. The third-order valence-electron chi connectivity index (χ3n) is 5.97. The Morgan fingerprint density at radius 1 is 1.09 bits per heavy atom. The summed E-state index contributed by atoms with van der Waals surface area (Å²) in [5, 5.41) is 7.72. The van der Waals surface area contributed by atoms with Gasteiger partial charge in [-0.2, -0.15) is 0 Å². The van der Waals surface area contributed by atoms with Gasteiger partial charge in [0.2, 0.25) is 23.6 Å². The van der Waals surface area contributed by atoms with Crippen molar-refractivity contribution in [3.05, 3.63) is 29.8 Å². The van der Waals surface area contributed by atoms with E-state index in [2.05, 4.69) is 20.9 Å². The lowest BCUT2D eigenvalue weighted by Gasteiger charge is -2.36. The molecule has 0 aliphatic carbocycles. The summed E-state index contributed by atoms with van der Waals surface area (Å²) in [6.45, 7) is 5.32. The van der Waals surface area contributed by atoms with Crippen molar-refractivity contribution in [3.8, 4) is 5.75 Å². The van der Waals surface area contributed by atoms with Crippen LogP contribution < -0.4 is 26.4 Å². The van der Waals surface area contributed by atoms with Gasteiger partial charge in [-0.1, -0.05) is 19.1 Å². The third-order valence-corrected chi connectivity index (χ3v) is 5.97. The molecule has 12 nitrogen and oxygen atoms in total. The molecular weight excluding hydrogens is 456 g/mol. The highest BCUT2D eigenvalue weighted by Crippen LogP contribution is 2.18. The van der Waals surface area contributed by atoms with E-state index in [4.69, 9.17) is 10.5 Å². The molecule has 0 saturated carbocycles. The van der Waals surface area contributed by atoms with Crippen LogP contribution in [0.4, 0.5) is 0 Å². The van der Waals surface area contributed by atoms with E-state index < -0.39 is 54.5 Å². The average Bonchev–Trinajstić information content (AvgIpc) is 2.84. The number of hydrogen-bond acceptors (Lipinski definition) is 7. The number of ether oxygens (including phenoxy) is 1. The molecule has 35 heavy (non-hydrogen) atoms. The van der Waals surface area contributed by atoms with E-state index in [-0.39, 0.29) is 24.5 Å². The first-order valence-corrected chi connectivity index (χ1v) is 11.7. The molecule has 0 spiro atoms. The van der Waals surface area contributed by atoms with Gasteiger partial charge in [-0.3, -0.25) is 24.0 Å². The molecule has 190 valence electrons. The number of carbonyl (C=O) groups excluding carboxylic acids is 5. The first-order valence-electron chi connectivity index (χ1n) is 11.7. The van der Waals surface area contributed by atoms with Crippen molar-refractivity contribution in [2.45, 2.75) is 31.8 Å². The number of piperazine rings is 1. The van der Waals surface area contributed by atoms with E-state index >= 15 is 0 Å². The lowest BCUT2D eigenvalue weighted by atomic mass is 10.1. The van der Waals surface area contributed by atoms with Crippen LogP contribution in [0.15, 0.2) is 24.3 Å². The van der Waals surface area contributed by atoms with E-state index in [0.29, 0.717) is 26.2 Å². The van der Waals surface area contributed by atoms with Gasteiger partial charge in [0.25, 0.3) is 5.91 Å². The monoisotopic (exact) mass is 488 g/mol. The zero-order valence-electron chi connectivity index (χ0n) is 19.7. The van der Waals surface area contributed by atoms with Crippen LogP contribution in [-0.4, -0.2) is 97.3 Å². The first-order chi connectivity index (χ1) is 16.8. The minimum absolute atomic E-state index is 0.0390. The Balaban J connectivity index is 1.86. The molecule has 5 amide bonds. The van der Waals surface area contributed by atoms with E-state index in [1.165, 1.54) is 0 Å². The number of likely N-dealkylation sites (N-methyl/N-ethyl adjacent to an activating group) is 1. The Kier molecular flexibility index (Phi) is 9.01. The number of primary amides is 1. The standard InChI is InChI=1S/C23H32N6O6/c1-2-28-8-10-29(11-9-28)23(34)17-14-20(31)26-16(13-19(24)30)22(33)25-7-12-35-18-6-4-3-5-15(18)21(32)27-17/h3-6,16-17H,2,7-14H2,1H3,(H2,24,30)(H,25,33)(H,26,31)(H,27,32)/t16-,17-/m0/s1. The van der Waals surface area contributed by atoms with Crippen molar-refractivity contribution in [2.75, 3.05) is 45.9 Å². The summed E-state index contributed by atoms with van der Waals surface area (Å²) in [5.74, 6) is -2.73. The predicted octanol–water partition coefficient (Wildman–Crippen LogP) is -1.79. The second kappa shape index (κ2) is 12.2. The highest BCUT2D eigenvalue weighted by molar-refractivity contribution is 6.01. The Labute approximate surface area is 203 Å². The van der Waals surface area contributed by atoms with Crippen LogP contribution in [-0.2, 0) is 19.2 Å². The fraction of sp³-hybridized carbons (Fsp3) is 0.522. The number of nitrogens with zero attached hydrogens (tertiary/aromatic N) is 2. The van der Waals surface area contributed by atoms with Crippen LogP contribution in [0.2, 0.25) is 0 Å². The predicted molar refractivity (Wildman–Crippen MR) is 125 cm³/mol. The van der Waals surface area contributed by atoms with Crippen molar-refractivity contribution in [1.29, 1.82) is 0 Å². The van der Waals surface area contributed by atoms with E-state index in [9.17, 15) is 24.0 Å². The van der Waals surface area contributed by atoms with Crippen LogP contribution >= 0.6 is 0 Å². The lowest BCUT2D eigenvalue weighted by Crippen LogP contribution is -2.56. The average molecular weight is 489 g/mol. The molecule has 1 aromatic carbocycles. The van der Waals surface area contributed by atoms with E-state index in [0.717, 1.165) is 6.54 Å². The Morgan fingerprint density at radius 2 is 1.80 bits per heavy atom. The second-order valence-electron chi connectivity index (χ2n) is 8.42.